The number of aliphatic imine (C=N–C) groups is 1. The number of aliphatic carboxylic acids is 1. The number of rotatable bonds is 10. The van der Waals surface area contributed by atoms with Crippen molar-refractivity contribution in [2.75, 3.05) is 52.4 Å². The molecule has 0 bridgehead atoms. The Hall–Kier alpha value is -2.70. The highest BCUT2D eigenvalue weighted by Crippen LogP contribution is 2.22. The van der Waals surface area contributed by atoms with E-state index >= 15 is 0 Å². The van der Waals surface area contributed by atoms with Gasteiger partial charge in [0.1, 0.15) is 12.4 Å². The van der Waals surface area contributed by atoms with Gasteiger partial charge in [0.25, 0.3) is 0 Å². The minimum absolute atomic E-state index is 0.158. The summed E-state index contributed by atoms with van der Waals surface area (Å²) in [5.41, 5.74) is 5.38. The summed E-state index contributed by atoms with van der Waals surface area (Å²) in [6.07, 6.45) is 12.6. The number of piperazine rings is 1. The standard InChI is InChI=1S/C27H35N3O3/c31-27(32)10-7-22-5-8-26(9-6-22)33-21-25-3-1-23(2-4-25)19-29-15-17-30(18-16-29)20-24-11-13-28-14-12-24/h1,3,5-6,8-9,11,13H,2,4,7,10,12,14-21H2,(H,31,32). The van der Waals surface area contributed by atoms with E-state index in [1.807, 2.05) is 30.5 Å². The van der Waals surface area contributed by atoms with Crippen molar-refractivity contribution in [2.24, 2.45) is 4.99 Å². The third-order valence-corrected chi connectivity index (χ3v) is 6.59. The number of allylic oxidation sites excluding steroid dienone is 3. The van der Waals surface area contributed by atoms with Crippen LogP contribution in [0.5, 0.6) is 5.75 Å². The number of benzene rings is 1. The van der Waals surface area contributed by atoms with Crippen LogP contribution in [-0.4, -0.2) is 79.5 Å². The summed E-state index contributed by atoms with van der Waals surface area (Å²) in [6, 6.07) is 7.76. The lowest BCUT2D eigenvalue weighted by Crippen LogP contribution is -2.47. The van der Waals surface area contributed by atoms with E-state index in [0.29, 0.717) is 13.0 Å². The van der Waals surface area contributed by atoms with E-state index in [0.717, 1.165) is 76.4 Å². The zero-order valence-corrected chi connectivity index (χ0v) is 19.4. The molecule has 6 nitrogen and oxygen atoms in total. The van der Waals surface area contributed by atoms with E-state index in [-0.39, 0.29) is 6.42 Å². The predicted molar refractivity (Wildman–Crippen MR) is 132 cm³/mol. The van der Waals surface area contributed by atoms with E-state index in [2.05, 4.69) is 33.0 Å². The number of dihydropyridines is 1. The fourth-order valence-corrected chi connectivity index (χ4v) is 4.49. The highest BCUT2D eigenvalue weighted by atomic mass is 16.5. The lowest BCUT2D eigenvalue weighted by Gasteiger charge is -2.36. The molecule has 6 heteroatoms. The summed E-state index contributed by atoms with van der Waals surface area (Å²) < 4.78 is 5.94. The van der Waals surface area contributed by atoms with Gasteiger partial charge >= 0.3 is 5.97 Å². The smallest absolute Gasteiger partial charge is 0.303 e. The Morgan fingerprint density at radius 2 is 1.52 bits per heavy atom. The SMILES string of the molecule is O=C(O)CCc1ccc(OCC2=CC=C(CN3CCN(CC4=CC=NCC4)CC3)CC2)cc1. The molecule has 0 saturated carbocycles. The molecule has 0 unspecified atom stereocenters. The van der Waals surface area contributed by atoms with Gasteiger partial charge in [0, 0.05) is 58.4 Å². The zero-order chi connectivity index (χ0) is 22.9. The second-order valence-electron chi connectivity index (χ2n) is 9.16. The molecule has 33 heavy (non-hydrogen) atoms. The van der Waals surface area contributed by atoms with Crippen molar-refractivity contribution in [3.05, 3.63) is 64.8 Å². The van der Waals surface area contributed by atoms with Crippen LogP contribution in [0.1, 0.15) is 31.2 Å². The van der Waals surface area contributed by atoms with Crippen molar-refractivity contribution in [1.29, 1.82) is 0 Å². The van der Waals surface area contributed by atoms with Crippen molar-refractivity contribution in [3.8, 4) is 5.75 Å². The van der Waals surface area contributed by atoms with Gasteiger partial charge in [-0.2, -0.15) is 0 Å². The number of ether oxygens (including phenoxy) is 1. The normalized spacial score (nSPS) is 19.6. The Morgan fingerprint density at radius 1 is 0.879 bits per heavy atom. The molecule has 2 aliphatic heterocycles. The lowest BCUT2D eigenvalue weighted by atomic mass is 9.98. The molecule has 0 spiro atoms. The number of aryl methyl sites for hydroxylation is 1. The van der Waals surface area contributed by atoms with Crippen LogP contribution in [-0.2, 0) is 11.2 Å². The second kappa shape index (κ2) is 12.0. The van der Waals surface area contributed by atoms with Crippen LogP contribution in [0.15, 0.2) is 64.2 Å². The molecular weight excluding hydrogens is 414 g/mol. The maximum Gasteiger partial charge on any atom is 0.303 e. The van der Waals surface area contributed by atoms with Crippen LogP contribution in [0.2, 0.25) is 0 Å². The number of carboxylic acids is 1. The van der Waals surface area contributed by atoms with Crippen molar-refractivity contribution in [3.63, 3.8) is 0 Å². The number of carboxylic acid groups (broad SMARTS) is 1. The molecule has 176 valence electrons. The summed E-state index contributed by atoms with van der Waals surface area (Å²) in [6.45, 7) is 8.30. The number of carbonyl (C=O) groups is 1. The fourth-order valence-electron chi connectivity index (χ4n) is 4.49. The topological polar surface area (TPSA) is 65.4 Å². The summed E-state index contributed by atoms with van der Waals surface area (Å²) in [4.78, 5) is 20.1. The maximum atomic E-state index is 10.7. The number of nitrogens with zero attached hydrogens (tertiary/aromatic N) is 3. The largest absolute Gasteiger partial charge is 0.489 e. The predicted octanol–water partition coefficient (Wildman–Crippen LogP) is 3.75. The minimum Gasteiger partial charge on any atom is -0.489 e. The molecule has 1 aromatic carbocycles. The molecule has 1 fully saturated rings. The first kappa shape index (κ1) is 23.5. The van der Waals surface area contributed by atoms with Crippen LogP contribution in [0.25, 0.3) is 0 Å². The first-order valence-corrected chi connectivity index (χ1v) is 12.1. The van der Waals surface area contributed by atoms with Gasteiger partial charge in [-0.05, 0) is 55.0 Å². The Balaban J connectivity index is 1.16. The van der Waals surface area contributed by atoms with Crippen LogP contribution in [0, 0.1) is 0 Å². The maximum absolute atomic E-state index is 10.7. The van der Waals surface area contributed by atoms with Gasteiger partial charge in [-0.1, -0.05) is 35.4 Å². The minimum atomic E-state index is -0.766. The van der Waals surface area contributed by atoms with Gasteiger partial charge < -0.3 is 9.84 Å². The molecule has 1 aliphatic carbocycles. The van der Waals surface area contributed by atoms with E-state index in [9.17, 15) is 4.79 Å². The van der Waals surface area contributed by atoms with Crippen molar-refractivity contribution in [1.82, 2.24) is 9.80 Å². The van der Waals surface area contributed by atoms with Gasteiger partial charge in [-0.3, -0.25) is 19.6 Å². The highest BCUT2D eigenvalue weighted by Gasteiger charge is 2.19. The van der Waals surface area contributed by atoms with Gasteiger partial charge in [-0.25, -0.2) is 0 Å². The molecule has 1 aromatic rings. The van der Waals surface area contributed by atoms with Gasteiger partial charge in [0.2, 0.25) is 0 Å². The highest BCUT2D eigenvalue weighted by molar-refractivity contribution is 5.73. The average Bonchev–Trinajstić information content (AvgIpc) is 2.85. The van der Waals surface area contributed by atoms with Crippen LogP contribution >= 0.6 is 0 Å². The van der Waals surface area contributed by atoms with E-state index in [1.165, 1.54) is 16.7 Å². The molecule has 1 saturated heterocycles. The van der Waals surface area contributed by atoms with E-state index in [1.54, 1.807) is 0 Å². The van der Waals surface area contributed by atoms with Gasteiger partial charge in [-0.15, -0.1) is 0 Å². The Labute approximate surface area is 196 Å². The van der Waals surface area contributed by atoms with E-state index in [4.69, 9.17) is 9.84 Å². The monoisotopic (exact) mass is 449 g/mol. The summed E-state index contributed by atoms with van der Waals surface area (Å²) in [5.74, 6) is 0.0662. The summed E-state index contributed by atoms with van der Waals surface area (Å²) in [7, 11) is 0. The lowest BCUT2D eigenvalue weighted by molar-refractivity contribution is -0.136. The van der Waals surface area contributed by atoms with Crippen molar-refractivity contribution in [2.45, 2.75) is 32.1 Å². The molecule has 0 radical (unpaired) electrons. The van der Waals surface area contributed by atoms with Gasteiger partial charge in [0.15, 0.2) is 0 Å². The van der Waals surface area contributed by atoms with Crippen molar-refractivity contribution < 1.29 is 14.6 Å². The number of hydrogen-bond donors (Lipinski definition) is 1. The molecule has 2 heterocycles. The summed E-state index contributed by atoms with van der Waals surface area (Å²) in [5, 5.41) is 8.79. The number of hydrogen-bond acceptors (Lipinski definition) is 5. The molecule has 0 atom stereocenters. The Bertz CT molecular complexity index is 922. The molecule has 3 aliphatic rings. The molecule has 4 rings (SSSR count). The van der Waals surface area contributed by atoms with Crippen LogP contribution in [0.4, 0.5) is 0 Å². The summed E-state index contributed by atoms with van der Waals surface area (Å²) >= 11 is 0. The van der Waals surface area contributed by atoms with Crippen LogP contribution in [0.3, 0.4) is 0 Å². The van der Waals surface area contributed by atoms with E-state index < -0.39 is 5.97 Å². The molecular formula is C27H35N3O3. The third-order valence-electron chi connectivity index (χ3n) is 6.59. The first-order valence-electron chi connectivity index (χ1n) is 12.1. The molecule has 0 aromatic heterocycles. The quantitative estimate of drug-likeness (QED) is 0.589. The Morgan fingerprint density at radius 3 is 2.09 bits per heavy atom. The van der Waals surface area contributed by atoms with Crippen LogP contribution < -0.4 is 4.74 Å². The molecule has 0 amide bonds. The molecule has 1 N–H and O–H groups in total. The third kappa shape index (κ3) is 7.69. The van der Waals surface area contributed by atoms with Crippen molar-refractivity contribution >= 4 is 12.2 Å². The zero-order valence-electron chi connectivity index (χ0n) is 19.4. The first-order chi connectivity index (χ1) is 16.1. The Kier molecular flexibility index (Phi) is 8.50. The van der Waals surface area contributed by atoms with Gasteiger partial charge in [0.05, 0.1) is 0 Å². The average molecular weight is 450 g/mol. The second-order valence-corrected chi connectivity index (χ2v) is 9.16. The fraction of sp³-hybridized carbons (Fsp3) is 0.481.